The lowest BCUT2D eigenvalue weighted by Crippen LogP contribution is -2.33. The van der Waals surface area contributed by atoms with E-state index in [1.807, 2.05) is 0 Å². The van der Waals surface area contributed by atoms with E-state index in [1.165, 1.54) is 17.1 Å². The van der Waals surface area contributed by atoms with E-state index >= 15 is 0 Å². The molecule has 0 aliphatic carbocycles. The Kier molecular flexibility index (Phi) is 4.65. The van der Waals surface area contributed by atoms with Crippen LogP contribution in [0.3, 0.4) is 0 Å². The summed E-state index contributed by atoms with van der Waals surface area (Å²) >= 11 is 0. The second-order valence-corrected chi connectivity index (χ2v) is 7.36. The molecule has 0 radical (unpaired) electrons. The van der Waals surface area contributed by atoms with Crippen LogP contribution >= 0.6 is 0 Å². The number of benzene rings is 1. The summed E-state index contributed by atoms with van der Waals surface area (Å²) in [5, 5.41) is 30.2. The number of amides is 2. The van der Waals surface area contributed by atoms with Gasteiger partial charge in [0, 0.05) is 12.2 Å². The molecule has 1 fully saturated rings. The fourth-order valence-electron chi connectivity index (χ4n) is 3.91. The van der Waals surface area contributed by atoms with Crippen molar-refractivity contribution >= 4 is 28.7 Å². The molecule has 4 heterocycles. The first-order chi connectivity index (χ1) is 15.4. The molecule has 0 saturated carbocycles. The van der Waals surface area contributed by atoms with E-state index in [1.54, 1.807) is 24.3 Å². The van der Waals surface area contributed by atoms with Crippen LogP contribution < -0.4 is 5.73 Å². The van der Waals surface area contributed by atoms with Gasteiger partial charge in [-0.1, -0.05) is 12.1 Å². The molecule has 11 heteroatoms. The van der Waals surface area contributed by atoms with Crippen molar-refractivity contribution < 1.29 is 29.6 Å². The molecular formula is C21H17N5O6. The molecule has 3 aromatic rings. The minimum absolute atomic E-state index is 0.0900. The molecule has 1 aromatic carbocycles. The van der Waals surface area contributed by atoms with Crippen molar-refractivity contribution in [3.63, 3.8) is 0 Å². The van der Waals surface area contributed by atoms with Crippen molar-refractivity contribution in [1.82, 2.24) is 19.4 Å². The number of hydrogen-bond donors (Lipinski definition) is 4. The average molecular weight is 435 g/mol. The molecule has 32 heavy (non-hydrogen) atoms. The van der Waals surface area contributed by atoms with Gasteiger partial charge in [-0.25, -0.2) is 9.97 Å². The number of hydrogen-bond acceptors (Lipinski definition) is 9. The average Bonchev–Trinajstić information content (AvgIpc) is 3.39. The van der Waals surface area contributed by atoms with E-state index in [0.717, 1.165) is 4.90 Å². The van der Waals surface area contributed by atoms with Gasteiger partial charge in [-0.05, 0) is 18.1 Å². The molecule has 2 amide bonds. The third-order valence-electron chi connectivity index (χ3n) is 5.53. The van der Waals surface area contributed by atoms with E-state index in [9.17, 15) is 24.9 Å². The number of nitrogens with zero attached hydrogens (tertiary/aromatic N) is 4. The van der Waals surface area contributed by atoms with Gasteiger partial charge >= 0.3 is 0 Å². The highest BCUT2D eigenvalue weighted by molar-refractivity contribution is 6.22. The Balaban J connectivity index is 1.58. The summed E-state index contributed by atoms with van der Waals surface area (Å²) in [7, 11) is 0. The minimum atomic E-state index is -1.35. The van der Waals surface area contributed by atoms with Crippen LogP contribution in [0, 0.1) is 12.0 Å². The van der Waals surface area contributed by atoms with Crippen molar-refractivity contribution in [2.24, 2.45) is 0 Å². The summed E-state index contributed by atoms with van der Waals surface area (Å²) in [5.74, 6) is 1.79. The van der Waals surface area contributed by atoms with E-state index < -0.39 is 43.0 Å². The van der Waals surface area contributed by atoms with Gasteiger partial charge in [-0.15, -0.1) is 0 Å². The van der Waals surface area contributed by atoms with Crippen molar-refractivity contribution in [2.45, 2.75) is 24.5 Å². The highest BCUT2D eigenvalue weighted by Crippen LogP contribution is 2.34. The monoisotopic (exact) mass is 435 g/mol. The van der Waals surface area contributed by atoms with Crippen LogP contribution in [0.2, 0.25) is 0 Å². The normalized spacial score (nSPS) is 24.7. The molecule has 5 N–H and O–H groups in total. The predicted octanol–water partition coefficient (Wildman–Crippen LogP) is -0.770. The van der Waals surface area contributed by atoms with Gasteiger partial charge in [-0.2, -0.15) is 4.90 Å². The summed E-state index contributed by atoms with van der Waals surface area (Å²) in [6, 6.07) is 9.00. The number of nitrogen functional groups attached to an aromatic ring is 1. The van der Waals surface area contributed by atoms with Crippen LogP contribution in [0.25, 0.3) is 11.0 Å². The largest absolute Gasteiger partial charge is 0.394 e. The summed E-state index contributed by atoms with van der Waals surface area (Å²) in [5.41, 5.74) is 7.10. The van der Waals surface area contributed by atoms with Gasteiger partial charge in [0.1, 0.15) is 36.1 Å². The summed E-state index contributed by atoms with van der Waals surface area (Å²) in [4.78, 5) is 34.1. The van der Waals surface area contributed by atoms with E-state index in [0.29, 0.717) is 5.39 Å². The molecule has 2 aliphatic heterocycles. The number of carbonyl (C=O) groups excluding carboxylic acids is 2. The van der Waals surface area contributed by atoms with Crippen LogP contribution in [0.15, 0.2) is 36.8 Å². The second kappa shape index (κ2) is 7.40. The summed E-state index contributed by atoms with van der Waals surface area (Å²) < 4.78 is 7.00. The first-order valence-electron chi connectivity index (χ1n) is 9.65. The molecule has 1 saturated heterocycles. The third kappa shape index (κ3) is 2.86. The van der Waals surface area contributed by atoms with Crippen LogP contribution in [-0.4, -0.2) is 71.5 Å². The summed E-state index contributed by atoms with van der Waals surface area (Å²) in [6.45, 7) is -0.489. The number of fused-ring (bicyclic) bond motifs is 2. The quantitative estimate of drug-likeness (QED) is 0.299. The molecule has 2 aromatic heterocycles. The lowest BCUT2D eigenvalue weighted by atomic mass is 10.1. The van der Waals surface area contributed by atoms with Gasteiger partial charge < -0.3 is 30.4 Å². The molecule has 162 valence electrons. The Morgan fingerprint density at radius 3 is 2.41 bits per heavy atom. The molecule has 5 rings (SSSR count). The van der Waals surface area contributed by atoms with E-state index in [4.69, 9.17) is 10.5 Å². The number of rotatable bonds is 2. The lowest BCUT2D eigenvalue weighted by Gasteiger charge is -2.17. The van der Waals surface area contributed by atoms with Gasteiger partial charge in [0.05, 0.1) is 28.7 Å². The van der Waals surface area contributed by atoms with E-state index in [2.05, 4.69) is 21.9 Å². The fourth-order valence-corrected chi connectivity index (χ4v) is 3.91. The number of ether oxygens (including phenoxy) is 1. The molecule has 0 unspecified atom stereocenters. The van der Waals surface area contributed by atoms with E-state index in [-0.39, 0.29) is 28.2 Å². The smallest absolute Gasteiger partial charge is 0.273 e. The van der Waals surface area contributed by atoms with Crippen molar-refractivity contribution in [2.75, 3.05) is 12.3 Å². The van der Waals surface area contributed by atoms with Crippen LogP contribution in [0.5, 0.6) is 0 Å². The number of carbonyl (C=O) groups is 2. The Morgan fingerprint density at radius 2 is 1.78 bits per heavy atom. The Hall–Kier alpha value is -3.82. The van der Waals surface area contributed by atoms with Gasteiger partial charge in [0.25, 0.3) is 11.8 Å². The fraction of sp³-hybridized carbons (Fsp3) is 0.238. The van der Waals surface area contributed by atoms with Gasteiger partial charge in [0.2, 0.25) is 0 Å². The van der Waals surface area contributed by atoms with Crippen molar-refractivity contribution in [3.05, 3.63) is 53.5 Å². The zero-order chi connectivity index (χ0) is 22.6. The molecule has 0 spiro atoms. The lowest BCUT2D eigenvalue weighted by molar-refractivity contribution is -0.0508. The third-order valence-corrected chi connectivity index (χ3v) is 5.53. The second-order valence-electron chi connectivity index (χ2n) is 7.36. The highest BCUT2D eigenvalue weighted by atomic mass is 16.6. The zero-order valence-electron chi connectivity index (χ0n) is 16.4. The highest BCUT2D eigenvalue weighted by Gasteiger charge is 2.44. The molecule has 0 bridgehead atoms. The Bertz CT molecular complexity index is 1290. The Labute approximate surface area is 180 Å². The molecular weight excluding hydrogens is 418 g/mol. The molecule has 2 aliphatic rings. The first kappa shape index (κ1) is 20.1. The maximum Gasteiger partial charge on any atom is 0.273 e. The summed E-state index contributed by atoms with van der Waals surface area (Å²) in [6.07, 6.45) is -2.03. The Morgan fingerprint density at radius 1 is 1.09 bits per heavy atom. The maximum absolute atomic E-state index is 12.6. The van der Waals surface area contributed by atoms with Gasteiger partial charge in [0.15, 0.2) is 6.23 Å². The zero-order valence-corrected chi connectivity index (χ0v) is 16.4. The SMILES string of the molecule is Nc1ncnc2c1c(C#CN1C(=O)c3ccccc3C1=O)cn2[C@@H]1O[C@H](CO)[C@@H](O)[C@H]1O. The predicted molar refractivity (Wildman–Crippen MR) is 109 cm³/mol. The van der Waals surface area contributed by atoms with Crippen LogP contribution in [0.4, 0.5) is 5.82 Å². The molecule has 4 atom stereocenters. The first-order valence-corrected chi connectivity index (χ1v) is 9.65. The minimum Gasteiger partial charge on any atom is -0.394 e. The van der Waals surface area contributed by atoms with Crippen molar-refractivity contribution in [1.29, 1.82) is 0 Å². The maximum atomic E-state index is 12.6. The number of aliphatic hydroxyl groups is 3. The number of imide groups is 1. The number of nitrogens with two attached hydrogens (primary N) is 1. The topological polar surface area (TPSA) is 164 Å². The number of aromatic nitrogens is 3. The molecule has 11 nitrogen and oxygen atoms in total. The standard InChI is InChI=1S/C21H17N5O6/c22-17-14-10(5-6-25-19(30)11-3-1-2-4-12(11)20(25)31)7-26(18(14)24-9-23-17)21-16(29)15(28)13(8-27)32-21/h1-4,7,9,13,15-16,21,27-29H,8H2,(H2,22,23,24)/t13-,15-,16-,21-/m1/s1. The van der Waals surface area contributed by atoms with Crippen molar-refractivity contribution in [3.8, 4) is 12.0 Å². The van der Waals surface area contributed by atoms with Crippen LogP contribution in [0.1, 0.15) is 32.5 Å². The van der Waals surface area contributed by atoms with Gasteiger partial charge in [-0.3, -0.25) is 9.59 Å². The van der Waals surface area contributed by atoms with Crippen LogP contribution in [-0.2, 0) is 4.74 Å². The number of aliphatic hydroxyl groups excluding tert-OH is 3. The number of anilines is 1.